The van der Waals surface area contributed by atoms with Crippen LogP contribution in [0.3, 0.4) is 0 Å². The molecule has 5 heteroatoms. The molecule has 0 aliphatic rings. The van der Waals surface area contributed by atoms with E-state index in [0.29, 0.717) is 0 Å². The van der Waals surface area contributed by atoms with Crippen LogP contribution in [0.15, 0.2) is 18.2 Å². The molecular weight excluding hydrogens is 221 g/mol. The van der Waals surface area contributed by atoms with Crippen LogP contribution < -0.4 is 5.32 Å². The van der Waals surface area contributed by atoms with Crippen LogP contribution in [0.4, 0.5) is 4.39 Å². The molecule has 1 aromatic rings. The lowest BCUT2D eigenvalue weighted by atomic mass is 10.2. The van der Waals surface area contributed by atoms with Crippen molar-refractivity contribution in [1.29, 1.82) is 0 Å². The van der Waals surface area contributed by atoms with Gasteiger partial charge >= 0.3 is 0 Å². The number of pyridine rings is 1. The fourth-order valence-corrected chi connectivity index (χ4v) is 1.36. The zero-order chi connectivity index (χ0) is 12.8. The third-order valence-electron chi connectivity index (χ3n) is 2.33. The van der Waals surface area contributed by atoms with Crippen molar-refractivity contribution in [1.82, 2.24) is 15.2 Å². The quantitative estimate of drug-likeness (QED) is 0.787. The summed E-state index contributed by atoms with van der Waals surface area (Å²) in [5.74, 6) is -0.977. The Kier molecular flexibility index (Phi) is 5.03. The molecule has 1 atom stereocenters. The largest absolute Gasteiger partial charge is 0.348 e. The monoisotopic (exact) mass is 239 g/mol. The van der Waals surface area contributed by atoms with Crippen LogP contribution in [0.2, 0.25) is 0 Å². The lowest BCUT2D eigenvalue weighted by Gasteiger charge is -2.16. The third-order valence-corrected chi connectivity index (χ3v) is 2.33. The summed E-state index contributed by atoms with van der Waals surface area (Å²) in [7, 11) is 3.95. The number of hydrogen-bond acceptors (Lipinski definition) is 3. The van der Waals surface area contributed by atoms with Gasteiger partial charge < -0.3 is 10.2 Å². The molecule has 0 aliphatic carbocycles. The highest BCUT2D eigenvalue weighted by atomic mass is 19.1. The molecule has 0 spiro atoms. The first-order chi connectivity index (χ1) is 7.99. The number of rotatable bonds is 5. The molecule has 94 valence electrons. The number of aromatic nitrogens is 1. The Labute approximate surface area is 101 Å². The standard InChI is InChI=1S/C12H18FN3O/c1-9(7-8-16(2)3)14-12(17)10-5-4-6-11(13)15-10/h4-6,9H,7-8H2,1-3H3,(H,14,17). The second-order valence-electron chi connectivity index (χ2n) is 4.31. The number of nitrogens with zero attached hydrogens (tertiary/aromatic N) is 2. The van der Waals surface area contributed by atoms with Gasteiger partial charge in [0.05, 0.1) is 0 Å². The van der Waals surface area contributed by atoms with E-state index in [-0.39, 0.29) is 17.6 Å². The lowest BCUT2D eigenvalue weighted by Crippen LogP contribution is -2.35. The molecule has 0 saturated carbocycles. The zero-order valence-corrected chi connectivity index (χ0v) is 10.4. The second kappa shape index (κ2) is 6.30. The number of halogens is 1. The topological polar surface area (TPSA) is 45.2 Å². The van der Waals surface area contributed by atoms with Crippen molar-refractivity contribution in [2.45, 2.75) is 19.4 Å². The van der Waals surface area contributed by atoms with Crippen molar-refractivity contribution >= 4 is 5.91 Å². The molecule has 0 aliphatic heterocycles. The van der Waals surface area contributed by atoms with Crippen molar-refractivity contribution in [3.63, 3.8) is 0 Å². The maximum absolute atomic E-state index is 12.8. The fourth-order valence-electron chi connectivity index (χ4n) is 1.36. The minimum atomic E-state index is -0.640. The molecule has 0 radical (unpaired) electrons. The van der Waals surface area contributed by atoms with Crippen molar-refractivity contribution in [2.24, 2.45) is 0 Å². The Morgan fingerprint density at radius 2 is 2.24 bits per heavy atom. The number of amides is 1. The van der Waals surface area contributed by atoms with Gasteiger partial charge in [0.1, 0.15) is 5.69 Å². The van der Waals surface area contributed by atoms with E-state index in [0.717, 1.165) is 13.0 Å². The molecule has 0 fully saturated rings. The Morgan fingerprint density at radius 3 is 2.82 bits per heavy atom. The van der Waals surface area contributed by atoms with E-state index in [1.807, 2.05) is 25.9 Å². The van der Waals surface area contributed by atoms with Gasteiger partial charge in [-0.2, -0.15) is 4.39 Å². The van der Waals surface area contributed by atoms with E-state index in [9.17, 15) is 9.18 Å². The predicted octanol–water partition coefficient (Wildman–Crippen LogP) is 1.29. The van der Waals surface area contributed by atoms with Gasteiger partial charge in [0.25, 0.3) is 5.91 Å². The Balaban J connectivity index is 2.49. The van der Waals surface area contributed by atoms with Gasteiger partial charge in [0.15, 0.2) is 0 Å². The maximum atomic E-state index is 12.8. The summed E-state index contributed by atoms with van der Waals surface area (Å²) in [5, 5.41) is 2.78. The summed E-state index contributed by atoms with van der Waals surface area (Å²) in [6, 6.07) is 4.22. The van der Waals surface area contributed by atoms with E-state index in [1.54, 1.807) is 0 Å². The second-order valence-corrected chi connectivity index (χ2v) is 4.31. The minimum Gasteiger partial charge on any atom is -0.348 e. The third kappa shape index (κ3) is 4.91. The average Bonchev–Trinajstić information content (AvgIpc) is 2.26. The smallest absolute Gasteiger partial charge is 0.270 e. The number of carbonyl (C=O) groups is 1. The molecule has 0 aromatic carbocycles. The van der Waals surface area contributed by atoms with E-state index in [1.165, 1.54) is 18.2 Å². The summed E-state index contributed by atoms with van der Waals surface area (Å²) >= 11 is 0. The lowest BCUT2D eigenvalue weighted by molar-refractivity contribution is 0.0930. The molecule has 4 nitrogen and oxygen atoms in total. The van der Waals surface area contributed by atoms with E-state index in [2.05, 4.69) is 10.3 Å². The molecule has 0 saturated heterocycles. The molecule has 17 heavy (non-hydrogen) atoms. The molecule has 1 unspecified atom stereocenters. The van der Waals surface area contributed by atoms with Gasteiger partial charge in [-0.3, -0.25) is 4.79 Å². The molecule has 1 N–H and O–H groups in total. The molecule has 1 rings (SSSR count). The number of carbonyl (C=O) groups excluding carboxylic acids is 1. The predicted molar refractivity (Wildman–Crippen MR) is 64.3 cm³/mol. The number of hydrogen-bond donors (Lipinski definition) is 1. The summed E-state index contributed by atoms with van der Waals surface area (Å²) < 4.78 is 12.8. The van der Waals surface area contributed by atoms with Crippen LogP contribution >= 0.6 is 0 Å². The Hall–Kier alpha value is -1.49. The molecule has 0 bridgehead atoms. The average molecular weight is 239 g/mol. The van der Waals surface area contributed by atoms with Crippen LogP contribution in [-0.2, 0) is 0 Å². The molecule has 1 aromatic heterocycles. The van der Waals surface area contributed by atoms with Gasteiger partial charge in [-0.15, -0.1) is 0 Å². The van der Waals surface area contributed by atoms with Crippen LogP contribution in [-0.4, -0.2) is 42.5 Å². The Morgan fingerprint density at radius 1 is 1.53 bits per heavy atom. The summed E-state index contributed by atoms with van der Waals surface area (Å²) in [6.45, 7) is 2.80. The summed E-state index contributed by atoms with van der Waals surface area (Å²) in [5.41, 5.74) is 0.113. The first-order valence-electron chi connectivity index (χ1n) is 5.57. The maximum Gasteiger partial charge on any atom is 0.270 e. The molecular formula is C12H18FN3O. The van der Waals surface area contributed by atoms with Gasteiger partial charge in [0, 0.05) is 6.04 Å². The van der Waals surface area contributed by atoms with Gasteiger partial charge in [-0.05, 0) is 46.1 Å². The molecule has 1 amide bonds. The van der Waals surface area contributed by atoms with Crippen LogP contribution in [0, 0.1) is 5.95 Å². The van der Waals surface area contributed by atoms with Crippen LogP contribution in [0.25, 0.3) is 0 Å². The van der Waals surface area contributed by atoms with E-state index >= 15 is 0 Å². The van der Waals surface area contributed by atoms with Crippen molar-refractivity contribution in [3.8, 4) is 0 Å². The van der Waals surface area contributed by atoms with Crippen LogP contribution in [0.1, 0.15) is 23.8 Å². The van der Waals surface area contributed by atoms with Crippen molar-refractivity contribution < 1.29 is 9.18 Å². The van der Waals surface area contributed by atoms with Crippen LogP contribution in [0.5, 0.6) is 0 Å². The van der Waals surface area contributed by atoms with Crippen molar-refractivity contribution in [3.05, 3.63) is 29.8 Å². The summed E-state index contributed by atoms with van der Waals surface area (Å²) in [6.07, 6.45) is 0.841. The van der Waals surface area contributed by atoms with E-state index in [4.69, 9.17) is 0 Å². The summed E-state index contributed by atoms with van der Waals surface area (Å²) in [4.78, 5) is 17.3. The highest BCUT2D eigenvalue weighted by molar-refractivity contribution is 5.92. The van der Waals surface area contributed by atoms with Gasteiger partial charge in [-0.25, -0.2) is 4.98 Å². The highest BCUT2D eigenvalue weighted by Gasteiger charge is 2.11. The van der Waals surface area contributed by atoms with E-state index < -0.39 is 5.95 Å². The fraction of sp³-hybridized carbons (Fsp3) is 0.500. The van der Waals surface area contributed by atoms with Gasteiger partial charge in [0.2, 0.25) is 5.95 Å². The normalized spacial score (nSPS) is 12.5. The molecule has 1 heterocycles. The van der Waals surface area contributed by atoms with Gasteiger partial charge in [-0.1, -0.05) is 6.07 Å². The minimum absolute atomic E-state index is 0.0370. The Bertz CT molecular complexity index is 382. The first kappa shape index (κ1) is 13.6. The first-order valence-corrected chi connectivity index (χ1v) is 5.57. The number of nitrogens with one attached hydrogen (secondary N) is 1. The highest BCUT2D eigenvalue weighted by Crippen LogP contribution is 2.00. The zero-order valence-electron chi connectivity index (χ0n) is 10.4. The van der Waals surface area contributed by atoms with Crippen molar-refractivity contribution in [2.75, 3.05) is 20.6 Å². The SMILES string of the molecule is CC(CCN(C)C)NC(=O)c1cccc(F)n1.